The Morgan fingerprint density at radius 3 is 2.89 bits per heavy atom. The molecule has 5 nitrogen and oxygen atoms in total. The van der Waals surface area contributed by atoms with Crippen LogP contribution in [0.2, 0.25) is 0 Å². The Hall–Kier alpha value is -0.940. The van der Waals surface area contributed by atoms with Crippen molar-refractivity contribution in [2.24, 2.45) is 5.92 Å². The molecule has 1 heterocycles. The number of ether oxygens (including phenoxy) is 1. The second-order valence-corrected chi connectivity index (χ2v) is 5.43. The second kappa shape index (κ2) is 7.01. The maximum atomic E-state index is 5.45. The quantitative estimate of drug-likeness (QED) is 0.745. The van der Waals surface area contributed by atoms with E-state index in [2.05, 4.69) is 29.3 Å². The summed E-state index contributed by atoms with van der Waals surface area (Å²) in [6, 6.07) is 0.483. The monoisotopic (exact) mass is 267 g/mol. The lowest BCUT2D eigenvalue weighted by Crippen LogP contribution is -2.27. The minimum Gasteiger partial charge on any atom is -0.373 e. The molecule has 2 unspecified atom stereocenters. The predicted molar refractivity (Wildman–Crippen MR) is 72.8 cm³/mol. The molecule has 108 valence electrons. The first-order valence-corrected chi connectivity index (χ1v) is 7.33. The molecule has 0 bridgehead atoms. The average Bonchev–Trinajstić information content (AvgIpc) is 3.14. The van der Waals surface area contributed by atoms with Crippen molar-refractivity contribution in [1.29, 1.82) is 0 Å². The standard InChI is InChI=1S/C14H25N3O2/c1-4-9-15-10(2)5-8-12-16-14(17-19-12)13(18-3)11-6-7-11/h10-11,13,15H,4-9H2,1-3H3. The third-order valence-electron chi connectivity index (χ3n) is 3.58. The van der Waals surface area contributed by atoms with E-state index in [1.54, 1.807) is 7.11 Å². The van der Waals surface area contributed by atoms with Crippen molar-refractivity contribution in [3.63, 3.8) is 0 Å². The van der Waals surface area contributed by atoms with Crippen LogP contribution in [-0.4, -0.2) is 29.8 Å². The molecule has 0 spiro atoms. The lowest BCUT2D eigenvalue weighted by atomic mass is 10.2. The second-order valence-electron chi connectivity index (χ2n) is 5.43. The van der Waals surface area contributed by atoms with Gasteiger partial charge in [0.15, 0.2) is 0 Å². The molecule has 1 aromatic rings. The number of methoxy groups -OCH3 is 1. The molecule has 0 radical (unpaired) electrons. The number of nitrogens with zero attached hydrogens (tertiary/aromatic N) is 2. The first kappa shape index (κ1) is 14.5. The smallest absolute Gasteiger partial charge is 0.226 e. The zero-order valence-electron chi connectivity index (χ0n) is 12.2. The molecule has 0 saturated heterocycles. The van der Waals surface area contributed by atoms with Gasteiger partial charge in [0.2, 0.25) is 11.7 Å². The van der Waals surface area contributed by atoms with Gasteiger partial charge in [-0.2, -0.15) is 4.98 Å². The topological polar surface area (TPSA) is 60.2 Å². The van der Waals surface area contributed by atoms with Gasteiger partial charge >= 0.3 is 0 Å². The molecule has 1 aliphatic rings. The van der Waals surface area contributed by atoms with Gasteiger partial charge < -0.3 is 14.6 Å². The van der Waals surface area contributed by atoms with Crippen molar-refractivity contribution in [3.05, 3.63) is 11.7 Å². The van der Waals surface area contributed by atoms with Crippen LogP contribution in [0.25, 0.3) is 0 Å². The minimum atomic E-state index is 0.0214. The lowest BCUT2D eigenvalue weighted by molar-refractivity contribution is 0.0751. The van der Waals surface area contributed by atoms with Gasteiger partial charge in [-0.3, -0.25) is 0 Å². The van der Waals surface area contributed by atoms with Crippen LogP contribution < -0.4 is 5.32 Å². The molecular formula is C14H25N3O2. The molecule has 0 aliphatic heterocycles. The molecule has 1 N–H and O–H groups in total. The zero-order chi connectivity index (χ0) is 13.7. The van der Waals surface area contributed by atoms with Crippen LogP contribution in [0.1, 0.15) is 57.3 Å². The van der Waals surface area contributed by atoms with Gasteiger partial charge in [-0.1, -0.05) is 12.1 Å². The summed E-state index contributed by atoms with van der Waals surface area (Å²) in [6.07, 6.45) is 5.44. The summed E-state index contributed by atoms with van der Waals surface area (Å²) >= 11 is 0. The summed E-state index contributed by atoms with van der Waals surface area (Å²) in [6.45, 7) is 5.42. The van der Waals surface area contributed by atoms with E-state index in [1.165, 1.54) is 12.8 Å². The van der Waals surface area contributed by atoms with Crippen molar-refractivity contribution in [2.45, 2.75) is 58.1 Å². The van der Waals surface area contributed by atoms with E-state index in [9.17, 15) is 0 Å². The number of rotatable bonds is 9. The van der Waals surface area contributed by atoms with Gasteiger partial charge in [0.05, 0.1) is 0 Å². The fraction of sp³-hybridized carbons (Fsp3) is 0.857. The Labute approximate surface area is 115 Å². The fourth-order valence-electron chi connectivity index (χ4n) is 2.23. The van der Waals surface area contributed by atoms with E-state index >= 15 is 0 Å². The van der Waals surface area contributed by atoms with E-state index in [1.807, 2.05) is 0 Å². The first-order chi connectivity index (χ1) is 9.24. The van der Waals surface area contributed by atoms with Gasteiger partial charge in [0, 0.05) is 19.6 Å². The number of hydrogen-bond acceptors (Lipinski definition) is 5. The summed E-state index contributed by atoms with van der Waals surface area (Å²) in [5, 5.41) is 7.51. The lowest BCUT2D eigenvalue weighted by Gasteiger charge is -2.11. The van der Waals surface area contributed by atoms with E-state index in [0.717, 1.165) is 31.7 Å². The highest BCUT2D eigenvalue weighted by molar-refractivity contribution is 4.98. The Kier molecular flexibility index (Phi) is 5.34. The first-order valence-electron chi connectivity index (χ1n) is 7.33. The highest BCUT2D eigenvalue weighted by atomic mass is 16.5. The van der Waals surface area contributed by atoms with E-state index in [4.69, 9.17) is 9.26 Å². The number of nitrogens with one attached hydrogen (secondary N) is 1. The third-order valence-corrected chi connectivity index (χ3v) is 3.58. The Morgan fingerprint density at radius 2 is 2.26 bits per heavy atom. The molecule has 1 aromatic heterocycles. The fourth-order valence-corrected chi connectivity index (χ4v) is 2.23. The van der Waals surface area contributed by atoms with Crippen LogP contribution in [0.3, 0.4) is 0 Å². The van der Waals surface area contributed by atoms with Gasteiger partial charge in [-0.15, -0.1) is 0 Å². The van der Waals surface area contributed by atoms with E-state index < -0.39 is 0 Å². The number of aryl methyl sites for hydroxylation is 1. The molecule has 2 atom stereocenters. The van der Waals surface area contributed by atoms with Crippen molar-refractivity contribution < 1.29 is 9.26 Å². The zero-order valence-corrected chi connectivity index (χ0v) is 12.2. The SMILES string of the molecule is CCCNC(C)CCc1nc(C(OC)C2CC2)no1. The van der Waals surface area contributed by atoms with Crippen LogP contribution in [0.15, 0.2) is 4.52 Å². The van der Waals surface area contributed by atoms with Crippen molar-refractivity contribution in [2.75, 3.05) is 13.7 Å². The molecule has 1 fully saturated rings. The summed E-state index contributed by atoms with van der Waals surface area (Å²) in [5.74, 6) is 2.03. The number of aromatic nitrogens is 2. The molecule has 1 aliphatic carbocycles. The Bertz CT molecular complexity index is 377. The summed E-state index contributed by atoms with van der Waals surface area (Å²) in [5.41, 5.74) is 0. The van der Waals surface area contributed by atoms with Gasteiger partial charge in [0.1, 0.15) is 6.10 Å². The maximum absolute atomic E-state index is 5.45. The Balaban J connectivity index is 1.80. The van der Waals surface area contributed by atoms with Crippen LogP contribution in [0.5, 0.6) is 0 Å². The van der Waals surface area contributed by atoms with Crippen molar-refractivity contribution >= 4 is 0 Å². The van der Waals surface area contributed by atoms with Crippen LogP contribution in [-0.2, 0) is 11.2 Å². The molecule has 0 amide bonds. The summed E-state index contributed by atoms with van der Waals surface area (Å²) < 4.78 is 10.8. The van der Waals surface area contributed by atoms with E-state index in [-0.39, 0.29) is 6.10 Å². The van der Waals surface area contributed by atoms with Crippen molar-refractivity contribution in [1.82, 2.24) is 15.5 Å². The van der Waals surface area contributed by atoms with Crippen LogP contribution in [0, 0.1) is 5.92 Å². The average molecular weight is 267 g/mol. The summed E-state index contributed by atoms with van der Waals surface area (Å²) in [7, 11) is 1.72. The highest BCUT2D eigenvalue weighted by Crippen LogP contribution is 2.41. The van der Waals surface area contributed by atoms with E-state index in [0.29, 0.717) is 17.8 Å². The van der Waals surface area contributed by atoms with Gasteiger partial charge in [-0.25, -0.2) is 0 Å². The van der Waals surface area contributed by atoms with Crippen LogP contribution >= 0.6 is 0 Å². The third kappa shape index (κ3) is 4.28. The molecule has 0 aromatic carbocycles. The highest BCUT2D eigenvalue weighted by Gasteiger charge is 2.35. The van der Waals surface area contributed by atoms with Gasteiger partial charge in [0.25, 0.3) is 0 Å². The minimum absolute atomic E-state index is 0.0214. The van der Waals surface area contributed by atoms with Crippen LogP contribution in [0.4, 0.5) is 0 Å². The summed E-state index contributed by atoms with van der Waals surface area (Å²) in [4.78, 5) is 4.46. The number of hydrogen-bond donors (Lipinski definition) is 1. The normalized spacial score (nSPS) is 18.5. The molecule has 2 rings (SSSR count). The molecule has 19 heavy (non-hydrogen) atoms. The molecule has 5 heteroatoms. The van der Waals surface area contributed by atoms with Gasteiger partial charge in [-0.05, 0) is 45.1 Å². The molecule has 1 saturated carbocycles. The molecular weight excluding hydrogens is 242 g/mol. The predicted octanol–water partition coefficient (Wildman–Crippen LogP) is 2.49. The van der Waals surface area contributed by atoms with Crippen molar-refractivity contribution in [3.8, 4) is 0 Å². The Morgan fingerprint density at radius 1 is 1.47 bits per heavy atom. The maximum Gasteiger partial charge on any atom is 0.226 e. The largest absolute Gasteiger partial charge is 0.373 e.